The Kier molecular flexibility index (Phi) is 5.62. The summed E-state index contributed by atoms with van der Waals surface area (Å²) in [5.41, 5.74) is 2.89. The minimum absolute atomic E-state index is 0.0144. The maximum absolute atomic E-state index is 12.2. The number of rotatable bonds is 7. The van der Waals surface area contributed by atoms with Crippen molar-refractivity contribution in [2.24, 2.45) is 0 Å². The molecule has 1 amide bonds. The first-order chi connectivity index (χ1) is 9.81. The smallest absolute Gasteiger partial charge is 0.253 e. The number of carbonyl (C=O) groups excluding carboxylic acids is 1. The molecular formula is C16H20N2OS. The van der Waals surface area contributed by atoms with Crippen molar-refractivity contribution in [3.05, 3.63) is 52.2 Å². The van der Waals surface area contributed by atoms with Gasteiger partial charge < -0.3 is 10.6 Å². The summed E-state index contributed by atoms with van der Waals surface area (Å²) in [6, 6.07) is 9.74. The second-order valence-corrected chi connectivity index (χ2v) is 5.39. The first-order valence-electron chi connectivity index (χ1n) is 6.93. The normalized spacial score (nSPS) is 10.2. The van der Waals surface area contributed by atoms with Crippen LogP contribution in [0.1, 0.15) is 29.3 Å². The average Bonchev–Trinajstić information content (AvgIpc) is 2.98. The zero-order valence-electron chi connectivity index (χ0n) is 11.7. The first-order valence-corrected chi connectivity index (χ1v) is 7.87. The van der Waals surface area contributed by atoms with Crippen LogP contribution in [0.3, 0.4) is 0 Å². The summed E-state index contributed by atoms with van der Waals surface area (Å²) in [5.74, 6) is -0.0144. The van der Waals surface area contributed by atoms with E-state index < -0.39 is 0 Å². The Hall–Kier alpha value is -1.81. The summed E-state index contributed by atoms with van der Waals surface area (Å²) >= 11 is 1.68. The lowest BCUT2D eigenvalue weighted by atomic mass is 10.1. The minimum Gasteiger partial charge on any atom is -0.384 e. The molecule has 2 N–H and O–H groups in total. The molecule has 0 aliphatic rings. The molecule has 1 heterocycles. The maximum Gasteiger partial charge on any atom is 0.253 e. The monoisotopic (exact) mass is 288 g/mol. The standard InChI is InChI=1S/C16H20N2OS/c1-2-9-17-15-6-4-3-5-14(15)16(19)18-10-7-13-8-11-20-12-13/h3-6,8,11-12,17H,2,7,9-10H2,1H3,(H,18,19). The van der Waals surface area contributed by atoms with Gasteiger partial charge in [0.1, 0.15) is 0 Å². The molecule has 0 aliphatic carbocycles. The molecule has 0 fully saturated rings. The lowest BCUT2D eigenvalue weighted by Gasteiger charge is -2.11. The fourth-order valence-corrected chi connectivity index (χ4v) is 2.65. The van der Waals surface area contributed by atoms with Crippen molar-refractivity contribution >= 4 is 22.9 Å². The second-order valence-electron chi connectivity index (χ2n) is 4.61. The van der Waals surface area contributed by atoms with E-state index in [0.29, 0.717) is 12.1 Å². The second kappa shape index (κ2) is 7.70. The summed E-state index contributed by atoms with van der Waals surface area (Å²) < 4.78 is 0. The molecule has 0 bridgehead atoms. The number of nitrogens with one attached hydrogen (secondary N) is 2. The van der Waals surface area contributed by atoms with Crippen molar-refractivity contribution in [2.75, 3.05) is 18.4 Å². The van der Waals surface area contributed by atoms with E-state index in [4.69, 9.17) is 0 Å². The number of anilines is 1. The van der Waals surface area contributed by atoms with Crippen LogP contribution in [0.4, 0.5) is 5.69 Å². The van der Waals surface area contributed by atoms with Crippen LogP contribution in [0.2, 0.25) is 0 Å². The molecule has 2 aromatic rings. The van der Waals surface area contributed by atoms with E-state index in [1.54, 1.807) is 11.3 Å². The van der Waals surface area contributed by atoms with Gasteiger partial charge in [0.15, 0.2) is 0 Å². The number of carbonyl (C=O) groups is 1. The lowest BCUT2D eigenvalue weighted by Crippen LogP contribution is -2.26. The Morgan fingerprint density at radius 1 is 1.20 bits per heavy atom. The molecule has 1 aromatic carbocycles. The fourth-order valence-electron chi connectivity index (χ4n) is 1.95. The minimum atomic E-state index is -0.0144. The predicted octanol–water partition coefficient (Wildman–Crippen LogP) is 3.54. The van der Waals surface area contributed by atoms with Crippen molar-refractivity contribution in [2.45, 2.75) is 19.8 Å². The van der Waals surface area contributed by atoms with Gasteiger partial charge in [0.2, 0.25) is 0 Å². The van der Waals surface area contributed by atoms with E-state index >= 15 is 0 Å². The summed E-state index contributed by atoms with van der Waals surface area (Å²) in [4.78, 5) is 12.2. The fraction of sp³-hybridized carbons (Fsp3) is 0.312. The predicted molar refractivity (Wildman–Crippen MR) is 85.6 cm³/mol. The van der Waals surface area contributed by atoms with Gasteiger partial charge in [-0.3, -0.25) is 4.79 Å². The summed E-state index contributed by atoms with van der Waals surface area (Å²) in [7, 11) is 0. The van der Waals surface area contributed by atoms with Crippen molar-refractivity contribution < 1.29 is 4.79 Å². The molecule has 1 aromatic heterocycles. The third kappa shape index (κ3) is 4.10. The Labute approximate surface area is 124 Å². The molecule has 2 rings (SSSR count). The zero-order chi connectivity index (χ0) is 14.2. The molecule has 4 heteroatoms. The number of thiophene rings is 1. The Morgan fingerprint density at radius 2 is 2.05 bits per heavy atom. The molecule has 3 nitrogen and oxygen atoms in total. The largest absolute Gasteiger partial charge is 0.384 e. The van der Waals surface area contributed by atoms with E-state index in [1.807, 2.05) is 24.3 Å². The molecule has 0 spiro atoms. The number of hydrogen-bond donors (Lipinski definition) is 2. The SMILES string of the molecule is CCCNc1ccccc1C(=O)NCCc1ccsc1. The molecule has 0 unspecified atom stereocenters. The van der Waals surface area contributed by atoms with Gasteiger partial charge in [-0.2, -0.15) is 11.3 Å². The molecule has 106 valence electrons. The third-order valence-electron chi connectivity index (χ3n) is 3.02. The van der Waals surface area contributed by atoms with Gasteiger partial charge in [-0.05, 0) is 47.4 Å². The molecular weight excluding hydrogens is 268 g/mol. The summed E-state index contributed by atoms with van der Waals surface area (Å²) in [6.07, 6.45) is 1.91. The number of amides is 1. The Morgan fingerprint density at radius 3 is 2.80 bits per heavy atom. The van der Waals surface area contributed by atoms with Crippen molar-refractivity contribution in [1.29, 1.82) is 0 Å². The molecule has 0 atom stereocenters. The van der Waals surface area contributed by atoms with Gasteiger partial charge in [-0.1, -0.05) is 19.1 Å². The molecule has 0 radical (unpaired) electrons. The zero-order valence-corrected chi connectivity index (χ0v) is 12.5. The van der Waals surface area contributed by atoms with Gasteiger partial charge in [0.25, 0.3) is 5.91 Å². The summed E-state index contributed by atoms with van der Waals surface area (Å²) in [5, 5.41) is 10.4. The summed E-state index contributed by atoms with van der Waals surface area (Å²) in [6.45, 7) is 3.65. The maximum atomic E-state index is 12.2. The van der Waals surface area contributed by atoms with Crippen LogP contribution >= 0.6 is 11.3 Å². The van der Waals surface area contributed by atoms with Crippen LogP contribution in [0, 0.1) is 0 Å². The van der Waals surface area contributed by atoms with E-state index in [0.717, 1.165) is 25.1 Å². The molecule has 0 saturated carbocycles. The highest BCUT2D eigenvalue weighted by Crippen LogP contribution is 2.15. The van der Waals surface area contributed by atoms with E-state index in [2.05, 4.69) is 34.4 Å². The number of para-hydroxylation sites is 1. The van der Waals surface area contributed by atoms with Crippen molar-refractivity contribution in [3.63, 3.8) is 0 Å². The lowest BCUT2D eigenvalue weighted by molar-refractivity contribution is 0.0955. The highest BCUT2D eigenvalue weighted by molar-refractivity contribution is 7.07. The molecule has 0 saturated heterocycles. The van der Waals surface area contributed by atoms with Crippen molar-refractivity contribution in [3.8, 4) is 0 Å². The van der Waals surface area contributed by atoms with Crippen LogP contribution in [-0.4, -0.2) is 19.0 Å². The van der Waals surface area contributed by atoms with Gasteiger partial charge in [-0.15, -0.1) is 0 Å². The van der Waals surface area contributed by atoms with Crippen LogP contribution in [0.15, 0.2) is 41.1 Å². The van der Waals surface area contributed by atoms with Crippen molar-refractivity contribution in [1.82, 2.24) is 5.32 Å². The Bertz CT molecular complexity index is 537. The third-order valence-corrected chi connectivity index (χ3v) is 3.75. The number of hydrogen-bond acceptors (Lipinski definition) is 3. The Balaban J connectivity index is 1.91. The topological polar surface area (TPSA) is 41.1 Å². The van der Waals surface area contributed by atoms with Gasteiger partial charge in [0.05, 0.1) is 5.56 Å². The van der Waals surface area contributed by atoms with E-state index in [9.17, 15) is 4.79 Å². The molecule has 0 aliphatic heterocycles. The van der Waals surface area contributed by atoms with Crippen LogP contribution in [-0.2, 0) is 6.42 Å². The quantitative estimate of drug-likeness (QED) is 0.818. The first kappa shape index (κ1) is 14.6. The highest BCUT2D eigenvalue weighted by Gasteiger charge is 2.09. The van der Waals surface area contributed by atoms with Gasteiger partial charge in [-0.25, -0.2) is 0 Å². The van der Waals surface area contributed by atoms with Gasteiger partial charge >= 0.3 is 0 Å². The van der Waals surface area contributed by atoms with Crippen LogP contribution in [0.5, 0.6) is 0 Å². The number of benzene rings is 1. The average molecular weight is 288 g/mol. The molecule has 20 heavy (non-hydrogen) atoms. The van der Waals surface area contributed by atoms with Crippen LogP contribution in [0.25, 0.3) is 0 Å². The van der Waals surface area contributed by atoms with E-state index in [1.165, 1.54) is 5.56 Å². The van der Waals surface area contributed by atoms with Gasteiger partial charge in [0, 0.05) is 18.8 Å². The highest BCUT2D eigenvalue weighted by atomic mass is 32.1. The van der Waals surface area contributed by atoms with Crippen LogP contribution < -0.4 is 10.6 Å². The van der Waals surface area contributed by atoms with E-state index in [-0.39, 0.29) is 5.91 Å².